The molecule has 4 nitrogen and oxygen atoms in total. The van der Waals surface area contributed by atoms with Gasteiger partial charge in [-0.2, -0.15) is 0 Å². The van der Waals surface area contributed by atoms with Gasteiger partial charge in [0.1, 0.15) is 0 Å². The Bertz CT molecular complexity index is 717. The van der Waals surface area contributed by atoms with E-state index in [0.29, 0.717) is 19.5 Å². The van der Waals surface area contributed by atoms with Gasteiger partial charge in [-0.25, -0.2) is 0 Å². The minimum atomic E-state index is 0.0179. The minimum Gasteiger partial charge on any atom is -0.338 e. The van der Waals surface area contributed by atoms with E-state index in [1.807, 2.05) is 29.3 Å². The Kier molecular flexibility index (Phi) is 3.92. The molecule has 2 heterocycles. The lowest BCUT2D eigenvalue weighted by Gasteiger charge is -2.29. The number of aromatic nitrogens is 1. The highest BCUT2D eigenvalue weighted by Gasteiger charge is 2.20. The van der Waals surface area contributed by atoms with Gasteiger partial charge >= 0.3 is 4.87 Å². The van der Waals surface area contributed by atoms with Crippen LogP contribution < -0.4 is 4.87 Å². The molecule has 0 aliphatic carbocycles. The summed E-state index contributed by atoms with van der Waals surface area (Å²) in [4.78, 5) is 25.9. The number of carbonyl (C=O) groups excluding carboxylic acids is 1. The quantitative estimate of drug-likeness (QED) is 0.872. The molecule has 3 rings (SSSR count). The number of thiazole rings is 1. The zero-order valence-electron chi connectivity index (χ0n) is 12.0. The number of rotatable bonds is 3. The lowest BCUT2D eigenvalue weighted by Crippen LogP contribution is -2.36. The second kappa shape index (κ2) is 5.85. The maximum Gasteiger partial charge on any atom is 0.307 e. The summed E-state index contributed by atoms with van der Waals surface area (Å²) in [7, 11) is 0. The van der Waals surface area contributed by atoms with Crippen LogP contribution in [0.1, 0.15) is 23.2 Å². The third kappa shape index (κ3) is 2.93. The van der Waals surface area contributed by atoms with Crippen LogP contribution in [0.15, 0.2) is 34.4 Å². The molecule has 0 saturated heterocycles. The van der Waals surface area contributed by atoms with Gasteiger partial charge in [-0.05, 0) is 24.5 Å². The summed E-state index contributed by atoms with van der Waals surface area (Å²) in [5, 5.41) is 1.84. The summed E-state index contributed by atoms with van der Waals surface area (Å²) in [5.74, 6) is 0.127. The van der Waals surface area contributed by atoms with Crippen LogP contribution in [0.4, 0.5) is 0 Å². The lowest BCUT2D eigenvalue weighted by molar-refractivity contribution is -0.132. The zero-order chi connectivity index (χ0) is 14.8. The second-order valence-corrected chi connectivity index (χ2v) is 6.20. The Labute approximate surface area is 127 Å². The molecule has 0 saturated carbocycles. The van der Waals surface area contributed by atoms with Gasteiger partial charge < -0.3 is 9.47 Å². The highest BCUT2D eigenvalue weighted by Crippen LogP contribution is 2.19. The molecule has 1 aliphatic heterocycles. The normalized spacial score (nSPS) is 14.0. The molecule has 21 heavy (non-hydrogen) atoms. The number of benzene rings is 1. The molecule has 0 spiro atoms. The molecule has 0 fully saturated rings. The molecular formula is C16H18N2O2S. The molecule has 0 unspecified atom stereocenters. The maximum absolute atomic E-state index is 12.3. The Hall–Kier alpha value is -1.88. The van der Waals surface area contributed by atoms with Crippen molar-refractivity contribution in [3.63, 3.8) is 0 Å². The fraction of sp³-hybridized carbons (Fsp3) is 0.375. The molecule has 110 valence electrons. The summed E-state index contributed by atoms with van der Waals surface area (Å²) in [6.07, 6.45) is 1.30. The van der Waals surface area contributed by atoms with Gasteiger partial charge in [0.15, 0.2) is 0 Å². The van der Waals surface area contributed by atoms with E-state index < -0.39 is 0 Å². The summed E-state index contributed by atoms with van der Waals surface area (Å²) < 4.78 is 1.68. The molecule has 2 aromatic rings. The fourth-order valence-corrected chi connectivity index (χ4v) is 3.51. The number of aryl methyl sites for hydroxylation is 1. The largest absolute Gasteiger partial charge is 0.338 e. The Morgan fingerprint density at radius 2 is 2.05 bits per heavy atom. The van der Waals surface area contributed by atoms with E-state index in [1.54, 1.807) is 4.57 Å². The van der Waals surface area contributed by atoms with Gasteiger partial charge in [0.2, 0.25) is 5.91 Å². The van der Waals surface area contributed by atoms with Crippen LogP contribution in [0, 0.1) is 6.92 Å². The molecule has 0 N–H and O–H groups in total. The van der Waals surface area contributed by atoms with Gasteiger partial charge in [0, 0.05) is 37.1 Å². The van der Waals surface area contributed by atoms with Gasteiger partial charge in [0.05, 0.1) is 0 Å². The van der Waals surface area contributed by atoms with Crippen molar-refractivity contribution >= 4 is 17.2 Å². The molecule has 1 aliphatic rings. The number of amides is 1. The van der Waals surface area contributed by atoms with Crippen molar-refractivity contribution in [1.82, 2.24) is 9.47 Å². The topological polar surface area (TPSA) is 42.3 Å². The average Bonchev–Trinajstić information content (AvgIpc) is 2.83. The first-order chi connectivity index (χ1) is 10.1. The van der Waals surface area contributed by atoms with Crippen LogP contribution in [0.5, 0.6) is 0 Å². The van der Waals surface area contributed by atoms with Crippen LogP contribution in [0.3, 0.4) is 0 Å². The summed E-state index contributed by atoms with van der Waals surface area (Å²) in [6, 6.07) is 8.27. The molecular weight excluding hydrogens is 284 g/mol. The van der Waals surface area contributed by atoms with Crippen LogP contribution in [0.2, 0.25) is 0 Å². The van der Waals surface area contributed by atoms with Gasteiger partial charge in [-0.15, -0.1) is 0 Å². The Morgan fingerprint density at radius 1 is 1.29 bits per heavy atom. The number of nitrogens with zero attached hydrogens (tertiary/aromatic N) is 2. The first-order valence-corrected chi connectivity index (χ1v) is 8.02. The van der Waals surface area contributed by atoms with E-state index in [4.69, 9.17) is 0 Å². The fourth-order valence-electron chi connectivity index (χ4n) is 2.75. The first kappa shape index (κ1) is 14.1. The van der Waals surface area contributed by atoms with Crippen molar-refractivity contribution in [3.8, 4) is 0 Å². The van der Waals surface area contributed by atoms with Crippen molar-refractivity contribution in [2.24, 2.45) is 0 Å². The second-order valence-electron chi connectivity index (χ2n) is 5.38. The standard InChI is InChI=1S/C16H18N2O2S/c1-12-11-21-16(20)18(12)9-7-15(19)17-8-6-13-4-2-3-5-14(13)10-17/h2-5,11H,6-10H2,1H3. The van der Waals surface area contributed by atoms with Crippen LogP contribution in [-0.2, 0) is 24.3 Å². The van der Waals surface area contributed by atoms with Crippen LogP contribution in [0.25, 0.3) is 0 Å². The molecule has 0 bridgehead atoms. The lowest BCUT2D eigenvalue weighted by atomic mass is 10.00. The molecule has 0 atom stereocenters. The minimum absolute atomic E-state index is 0.0179. The number of carbonyl (C=O) groups is 1. The number of hydrogen-bond acceptors (Lipinski definition) is 3. The van der Waals surface area contributed by atoms with Crippen molar-refractivity contribution in [3.05, 3.63) is 56.1 Å². The van der Waals surface area contributed by atoms with E-state index in [0.717, 1.165) is 18.7 Å². The van der Waals surface area contributed by atoms with E-state index >= 15 is 0 Å². The number of fused-ring (bicyclic) bond motifs is 1. The summed E-state index contributed by atoms with van der Waals surface area (Å²) in [6.45, 7) is 3.84. The third-order valence-electron chi connectivity index (χ3n) is 4.01. The third-order valence-corrected chi connectivity index (χ3v) is 4.89. The smallest absolute Gasteiger partial charge is 0.307 e. The van der Waals surface area contributed by atoms with E-state index in [-0.39, 0.29) is 10.8 Å². The molecule has 0 radical (unpaired) electrons. The van der Waals surface area contributed by atoms with Gasteiger partial charge in [-0.1, -0.05) is 35.6 Å². The zero-order valence-corrected chi connectivity index (χ0v) is 12.9. The molecule has 1 aromatic carbocycles. The SMILES string of the molecule is Cc1csc(=O)n1CCC(=O)N1CCc2ccccc2C1. The maximum atomic E-state index is 12.3. The van der Waals surface area contributed by atoms with Gasteiger partial charge in [-0.3, -0.25) is 9.59 Å². The predicted molar refractivity (Wildman–Crippen MR) is 83.5 cm³/mol. The molecule has 1 aromatic heterocycles. The van der Waals surface area contributed by atoms with E-state index in [1.165, 1.54) is 22.5 Å². The Morgan fingerprint density at radius 3 is 2.76 bits per heavy atom. The van der Waals surface area contributed by atoms with Crippen LogP contribution in [-0.4, -0.2) is 21.9 Å². The summed E-state index contributed by atoms with van der Waals surface area (Å²) >= 11 is 1.19. The summed E-state index contributed by atoms with van der Waals surface area (Å²) in [5.41, 5.74) is 3.51. The van der Waals surface area contributed by atoms with E-state index in [2.05, 4.69) is 12.1 Å². The van der Waals surface area contributed by atoms with Crippen molar-refractivity contribution < 1.29 is 4.79 Å². The average molecular weight is 302 g/mol. The van der Waals surface area contributed by atoms with E-state index in [9.17, 15) is 9.59 Å². The highest BCUT2D eigenvalue weighted by molar-refractivity contribution is 7.07. The van der Waals surface area contributed by atoms with Crippen LogP contribution >= 0.6 is 11.3 Å². The first-order valence-electron chi connectivity index (χ1n) is 7.14. The highest BCUT2D eigenvalue weighted by atomic mass is 32.1. The van der Waals surface area contributed by atoms with Gasteiger partial charge in [0.25, 0.3) is 0 Å². The molecule has 5 heteroatoms. The van der Waals surface area contributed by atoms with Crippen molar-refractivity contribution in [1.29, 1.82) is 0 Å². The predicted octanol–water partition coefficient (Wildman–Crippen LogP) is 2.19. The van der Waals surface area contributed by atoms with Crippen molar-refractivity contribution in [2.75, 3.05) is 6.54 Å². The monoisotopic (exact) mass is 302 g/mol. The molecule has 1 amide bonds. The van der Waals surface area contributed by atoms with Crippen molar-refractivity contribution in [2.45, 2.75) is 32.9 Å². The number of hydrogen-bond donors (Lipinski definition) is 0. The Balaban J connectivity index is 1.64.